The molecule has 0 radical (unpaired) electrons. The monoisotopic (exact) mass is 394 g/mol. The van der Waals surface area contributed by atoms with Crippen molar-refractivity contribution in [1.29, 1.82) is 0 Å². The molecular formula is C23H27FN4O. The van der Waals surface area contributed by atoms with E-state index >= 15 is 0 Å². The van der Waals surface area contributed by atoms with Crippen LogP contribution in [0.15, 0.2) is 53.7 Å². The van der Waals surface area contributed by atoms with Gasteiger partial charge in [-0.3, -0.25) is 4.99 Å². The summed E-state index contributed by atoms with van der Waals surface area (Å²) in [6, 6.07) is 13.2. The first-order valence-corrected chi connectivity index (χ1v) is 10.0. The van der Waals surface area contributed by atoms with E-state index in [1.54, 1.807) is 7.11 Å². The Bertz CT molecular complexity index is 996. The van der Waals surface area contributed by atoms with Crippen LogP contribution in [0.4, 0.5) is 4.39 Å². The van der Waals surface area contributed by atoms with Crippen LogP contribution in [0.3, 0.4) is 0 Å². The average Bonchev–Trinajstić information content (AvgIpc) is 3.38. The fourth-order valence-electron chi connectivity index (χ4n) is 4.11. The van der Waals surface area contributed by atoms with Gasteiger partial charge in [0.15, 0.2) is 5.96 Å². The number of guanidine groups is 1. The number of aliphatic imine (C=N–C) groups is 1. The maximum atomic E-state index is 13.4. The molecule has 2 N–H and O–H groups in total. The molecule has 0 saturated carbocycles. The number of H-pyrrole nitrogens is 1. The lowest BCUT2D eigenvalue weighted by Gasteiger charge is -2.22. The molecular weight excluding hydrogens is 367 g/mol. The number of ether oxygens (including phenoxy) is 1. The minimum Gasteiger partial charge on any atom is -0.497 e. The molecule has 1 aromatic heterocycles. The number of aromatic amines is 1. The van der Waals surface area contributed by atoms with Crippen LogP contribution in [0.25, 0.3) is 10.9 Å². The number of aromatic nitrogens is 1. The second kappa shape index (κ2) is 8.55. The topological polar surface area (TPSA) is 52.7 Å². The van der Waals surface area contributed by atoms with Crippen molar-refractivity contribution in [3.63, 3.8) is 0 Å². The lowest BCUT2D eigenvalue weighted by atomic mass is 9.98. The summed E-state index contributed by atoms with van der Waals surface area (Å²) in [5, 5.41) is 4.56. The van der Waals surface area contributed by atoms with Gasteiger partial charge in [-0.05, 0) is 54.3 Å². The first-order chi connectivity index (χ1) is 14.2. The molecule has 152 valence electrons. The van der Waals surface area contributed by atoms with Crippen molar-refractivity contribution < 1.29 is 9.13 Å². The van der Waals surface area contributed by atoms with E-state index in [9.17, 15) is 4.39 Å². The van der Waals surface area contributed by atoms with E-state index in [1.165, 1.54) is 23.3 Å². The third-order valence-corrected chi connectivity index (χ3v) is 5.69. The lowest BCUT2D eigenvalue weighted by molar-refractivity contribution is 0.414. The molecule has 0 aliphatic carbocycles. The highest BCUT2D eigenvalue weighted by Crippen LogP contribution is 2.28. The average molecular weight is 394 g/mol. The lowest BCUT2D eigenvalue weighted by Crippen LogP contribution is -2.40. The van der Waals surface area contributed by atoms with E-state index in [0.29, 0.717) is 5.92 Å². The Morgan fingerprint density at radius 3 is 2.86 bits per heavy atom. The van der Waals surface area contributed by atoms with Crippen LogP contribution in [-0.2, 0) is 6.42 Å². The minimum atomic E-state index is -0.218. The first kappa shape index (κ1) is 19.3. The Balaban J connectivity index is 1.33. The van der Waals surface area contributed by atoms with Crippen molar-refractivity contribution >= 4 is 16.9 Å². The number of hydrogen-bond donors (Lipinski definition) is 2. The number of nitrogens with zero attached hydrogens (tertiary/aromatic N) is 2. The minimum absolute atomic E-state index is 0.218. The maximum absolute atomic E-state index is 13.4. The highest BCUT2D eigenvalue weighted by atomic mass is 19.1. The van der Waals surface area contributed by atoms with Crippen LogP contribution < -0.4 is 10.1 Å². The summed E-state index contributed by atoms with van der Waals surface area (Å²) in [6.07, 6.45) is 3.92. The molecule has 1 unspecified atom stereocenters. The number of halogens is 1. The SMILES string of the molecule is CN=C(NCCc1c[nH]c2cc(F)ccc12)N1CCC(c2ccc(OC)cc2)C1. The van der Waals surface area contributed by atoms with Gasteiger partial charge in [-0.1, -0.05) is 12.1 Å². The zero-order valence-electron chi connectivity index (χ0n) is 16.9. The van der Waals surface area contributed by atoms with Gasteiger partial charge >= 0.3 is 0 Å². The largest absolute Gasteiger partial charge is 0.497 e. The van der Waals surface area contributed by atoms with Gasteiger partial charge in [-0.2, -0.15) is 0 Å². The first-order valence-electron chi connectivity index (χ1n) is 10.0. The molecule has 1 aliphatic heterocycles. The summed E-state index contributed by atoms with van der Waals surface area (Å²) < 4.78 is 18.6. The molecule has 0 amide bonds. The smallest absolute Gasteiger partial charge is 0.193 e. The van der Waals surface area contributed by atoms with E-state index in [2.05, 4.69) is 32.3 Å². The highest BCUT2D eigenvalue weighted by molar-refractivity contribution is 5.83. The number of likely N-dealkylation sites (tertiary alicyclic amines) is 1. The van der Waals surface area contributed by atoms with Gasteiger partial charge in [0.2, 0.25) is 0 Å². The Morgan fingerprint density at radius 1 is 1.28 bits per heavy atom. The van der Waals surface area contributed by atoms with Crippen LogP contribution in [0, 0.1) is 5.82 Å². The van der Waals surface area contributed by atoms with Gasteiger partial charge < -0.3 is 19.9 Å². The number of nitrogens with one attached hydrogen (secondary N) is 2. The van der Waals surface area contributed by atoms with Crippen LogP contribution in [-0.4, -0.2) is 49.6 Å². The second-order valence-electron chi connectivity index (χ2n) is 7.43. The van der Waals surface area contributed by atoms with Crippen molar-refractivity contribution in [2.75, 3.05) is 33.8 Å². The van der Waals surface area contributed by atoms with Crippen LogP contribution in [0.5, 0.6) is 5.75 Å². The summed E-state index contributed by atoms with van der Waals surface area (Å²) >= 11 is 0. The number of hydrogen-bond acceptors (Lipinski definition) is 2. The van der Waals surface area contributed by atoms with Crippen LogP contribution in [0.2, 0.25) is 0 Å². The summed E-state index contributed by atoms with van der Waals surface area (Å²) in [6.45, 7) is 2.72. The molecule has 2 heterocycles. The van der Waals surface area contributed by atoms with Gasteiger partial charge in [0, 0.05) is 49.7 Å². The third-order valence-electron chi connectivity index (χ3n) is 5.69. The molecule has 29 heavy (non-hydrogen) atoms. The van der Waals surface area contributed by atoms with Gasteiger partial charge in [0.1, 0.15) is 11.6 Å². The van der Waals surface area contributed by atoms with E-state index in [1.807, 2.05) is 31.4 Å². The summed E-state index contributed by atoms with van der Waals surface area (Å²) in [4.78, 5) is 9.94. The molecule has 1 atom stereocenters. The third kappa shape index (κ3) is 4.21. The Morgan fingerprint density at radius 2 is 2.10 bits per heavy atom. The van der Waals surface area contributed by atoms with Gasteiger partial charge in [0.25, 0.3) is 0 Å². The summed E-state index contributed by atoms with van der Waals surface area (Å²) in [5.41, 5.74) is 3.36. The number of fused-ring (bicyclic) bond motifs is 1. The molecule has 0 bridgehead atoms. The van der Waals surface area contributed by atoms with Crippen molar-refractivity contribution in [2.24, 2.45) is 4.99 Å². The van der Waals surface area contributed by atoms with Crippen molar-refractivity contribution in [3.05, 3.63) is 65.6 Å². The fourth-order valence-corrected chi connectivity index (χ4v) is 4.11. The zero-order valence-corrected chi connectivity index (χ0v) is 16.9. The van der Waals surface area contributed by atoms with Gasteiger partial charge in [-0.25, -0.2) is 4.39 Å². The van der Waals surface area contributed by atoms with E-state index in [-0.39, 0.29) is 5.82 Å². The van der Waals surface area contributed by atoms with Gasteiger partial charge in [0.05, 0.1) is 7.11 Å². The molecule has 5 nitrogen and oxygen atoms in total. The molecule has 1 fully saturated rings. The van der Waals surface area contributed by atoms with Crippen LogP contribution in [0.1, 0.15) is 23.5 Å². The fraction of sp³-hybridized carbons (Fsp3) is 0.348. The molecule has 0 spiro atoms. The summed E-state index contributed by atoms with van der Waals surface area (Å²) in [7, 11) is 3.52. The Hall–Kier alpha value is -3.02. The summed E-state index contributed by atoms with van der Waals surface area (Å²) in [5.74, 6) is 2.11. The van der Waals surface area contributed by atoms with E-state index in [0.717, 1.165) is 55.1 Å². The molecule has 1 saturated heterocycles. The molecule has 6 heteroatoms. The molecule has 1 aliphatic rings. The highest BCUT2D eigenvalue weighted by Gasteiger charge is 2.26. The maximum Gasteiger partial charge on any atom is 0.193 e. The van der Waals surface area contributed by atoms with Crippen molar-refractivity contribution in [2.45, 2.75) is 18.8 Å². The predicted molar refractivity (Wildman–Crippen MR) is 115 cm³/mol. The van der Waals surface area contributed by atoms with Gasteiger partial charge in [-0.15, -0.1) is 0 Å². The Kier molecular flexibility index (Phi) is 5.69. The Labute approximate surface area is 170 Å². The van der Waals surface area contributed by atoms with Crippen molar-refractivity contribution in [1.82, 2.24) is 15.2 Å². The quantitative estimate of drug-likeness (QED) is 0.509. The number of methoxy groups -OCH3 is 1. The van der Waals surface area contributed by atoms with Crippen LogP contribution >= 0.6 is 0 Å². The normalized spacial score (nSPS) is 17.1. The number of rotatable bonds is 5. The zero-order chi connectivity index (χ0) is 20.2. The van der Waals surface area contributed by atoms with E-state index in [4.69, 9.17) is 4.74 Å². The predicted octanol–water partition coefficient (Wildman–Crippen LogP) is 3.92. The molecule has 3 aromatic rings. The standard InChI is InChI=1S/C23H27FN4O/c1-25-23(26-11-9-17-14-27-22-13-19(24)5-8-21(17)22)28-12-10-18(15-28)16-3-6-20(29-2)7-4-16/h3-8,13-14,18,27H,9-12,15H2,1-2H3,(H,25,26). The van der Waals surface area contributed by atoms with Crippen molar-refractivity contribution in [3.8, 4) is 5.75 Å². The number of benzene rings is 2. The molecule has 2 aromatic carbocycles. The van der Waals surface area contributed by atoms with E-state index < -0.39 is 0 Å². The second-order valence-corrected chi connectivity index (χ2v) is 7.43. The molecule has 4 rings (SSSR count).